The van der Waals surface area contributed by atoms with Crippen LogP contribution >= 0.6 is 11.6 Å². The van der Waals surface area contributed by atoms with Crippen LogP contribution in [0.1, 0.15) is 28.9 Å². The summed E-state index contributed by atoms with van der Waals surface area (Å²) >= 11 is 6.31. The van der Waals surface area contributed by atoms with Crippen LogP contribution in [0.5, 0.6) is 17.2 Å². The first-order valence-corrected chi connectivity index (χ1v) is 11.5. The van der Waals surface area contributed by atoms with Gasteiger partial charge in [-0.15, -0.1) is 0 Å². The Hall–Kier alpha value is -3.82. The number of hydrogen-bond acceptors (Lipinski definition) is 6. The molecule has 0 atom stereocenters. The van der Waals surface area contributed by atoms with Crippen molar-refractivity contribution in [2.45, 2.75) is 25.9 Å². The van der Waals surface area contributed by atoms with Crippen molar-refractivity contribution in [3.63, 3.8) is 0 Å². The number of benzene rings is 2. The van der Waals surface area contributed by atoms with E-state index in [1.165, 1.54) is 12.3 Å². The number of rotatable bonds is 7. The lowest BCUT2D eigenvalue weighted by molar-refractivity contribution is 0.0690. The summed E-state index contributed by atoms with van der Waals surface area (Å²) in [6, 6.07) is 12.6. The molecular weight excluding hydrogens is 472 g/mol. The number of carboxylic acid groups (broad SMARTS) is 1. The van der Waals surface area contributed by atoms with Gasteiger partial charge in [0.15, 0.2) is 5.69 Å². The van der Waals surface area contributed by atoms with E-state index in [9.17, 15) is 9.59 Å². The van der Waals surface area contributed by atoms with Gasteiger partial charge in [-0.05, 0) is 62.7 Å². The Morgan fingerprint density at radius 1 is 1.09 bits per heavy atom. The second-order valence-electron chi connectivity index (χ2n) is 8.06. The lowest BCUT2D eigenvalue weighted by Gasteiger charge is -2.25. The topological polar surface area (TPSA) is 122 Å². The quantitative estimate of drug-likeness (QED) is 0.349. The van der Waals surface area contributed by atoms with Gasteiger partial charge in [-0.3, -0.25) is 0 Å². The highest BCUT2D eigenvalue weighted by molar-refractivity contribution is 6.31. The van der Waals surface area contributed by atoms with Crippen LogP contribution in [-0.2, 0) is 0 Å². The smallest absolute Gasteiger partial charge is 0.354 e. The van der Waals surface area contributed by atoms with Crippen LogP contribution < -0.4 is 25.4 Å². The summed E-state index contributed by atoms with van der Waals surface area (Å²) < 4.78 is 11.9. The van der Waals surface area contributed by atoms with E-state index in [1.54, 1.807) is 42.5 Å². The first-order chi connectivity index (χ1) is 16.9. The zero-order valence-corrected chi connectivity index (χ0v) is 19.8. The molecule has 4 N–H and O–H groups in total. The lowest BCUT2D eigenvalue weighted by atomic mass is 10.1. The molecule has 1 saturated heterocycles. The van der Waals surface area contributed by atoms with Gasteiger partial charge in [-0.25, -0.2) is 14.6 Å². The number of aromatic carboxylic acids is 1. The maximum Gasteiger partial charge on any atom is 0.354 e. The largest absolute Gasteiger partial charge is 0.488 e. The maximum absolute atomic E-state index is 12.8. The van der Waals surface area contributed by atoms with Crippen molar-refractivity contribution in [3.8, 4) is 17.2 Å². The molecule has 0 spiro atoms. The third-order valence-corrected chi connectivity index (χ3v) is 5.77. The number of hydrogen-bond donors (Lipinski definition) is 4. The maximum atomic E-state index is 12.8. The van der Waals surface area contributed by atoms with E-state index in [4.69, 9.17) is 26.2 Å². The van der Waals surface area contributed by atoms with Crippen molar-refractivity contribution >= 4 is 35.0 Å². The number of carboxylic acids is 1. The first-order valence-electron chi connectivity index (χ1n) is 11.1. The number of urea groups is 1. The van der Waals surface area contributed by atoms with Crippen LogP contribution in [0.4, 0.5) is 16.2 Å². The first kappa shape index (κ1) is 24.3. The highest BCUT2D eigenvalue weighted by Gasteiger charge is 2.18. The van der Waals surface area contributed by atoms with Crippen LogP contribution in [-0.4, -0.2) is 41.3 Å². The minimum absolute atomic E-state index is 0.0438. The van der Waals surface area contributed by atoms with E-state index in [0.717, 1.165) is 31.5 Å². The Kier molecular flexibility index (Phi) is 7.69. The number of halogens is 1. The van der Waals surface area contributed by atoms with Gasteiger partial charge < -0.3 is 30.5 Å². The Morgan fingerprint density at radius 2 is 1.86 bits per heavy atom. The number of nitrogens with zero attached hydrogens (tertiary/aromatic N) is 1. The van der Waals surface area contributed by atoms with Crippen molar-refractivity contribution in [2.75, 3.05) is 23.7 Å². The van der Waals surface area contributed by atoms with Crippen LogP contribution in [0.25, 0.3) is 0 Å². The minimum Gasteiger partial charge on any atom is -0.488 e. The molecule has 3 aromatic rings. The van der Waals surface area contributed by atoms with Crippen LogP contribution in [0.3, 0.4) is 0 Å². The van der Waals surface area contributed by atoms with Gasteiger partial charge in [-0.1, -0.05) is 17.7 Å². The minimum atomic E-state index is -1.15. The normalized spacial score (nSPS) is 13.7. The zero-order valence-electron chi connectivity index (χ0n) is 19.0. The summed E-state index contributed by atoms with van der Waals surface area (Å²) in [4.78, 5) is 27.7. The summed E-state index contributed by atoms with van der Waals surface area (Å²) in [5.74, 6) is 0.105. The van der Waals surface area contributed by atoms with Gasteiger partial charge in [-0.2, -0.15) is 0 Å². The van der Waals surface area contributed by atoms with Crippen molar-refractivity contribution in [1.82, 2.24) is 10.3 Å². The number of anilines is 2. The Morgan fingerprint density at radius 3 is 2.63 bits per heavy atom. The summed E-state index contributed by atoms with van der Waals surface area (Å²) in [6.45, 7) is 3.61. The number of aromatic nitrogens is 1. The Bertz CT molecular complexity index is 1230. The molecule has 2 amide bonds. The fraction of sp³-hybridized carbons (Fsp3) is 0.240. The molecule has 0 bridgehead atoms. The fourth-order valence-electron chi connectivity index (χ4n) is 3.60. The van der Waals surface area contributed by atoms with Gasteiger partial charge in [0.25, 0.3) is 0 Å². The van der Waals surface area contributed by atoms with E-state index in [-0.39, 0.29) is 11.8 Å². The molecule has 4 rings (SSSR count). The molecule has 0 unspecified atom stereocenters. The summed E-state index contributed by atoms with van der Waals surface area (Å²) in [7, 11) is 0. The van der Waals surface area contributed by atoms with Crippen molar-refractivity contribution in [3.05, 3.63) is 71.0 Å². The van der Waals surface area contributed by atoms with Gasteiger partial charge >= 0.3 is 12.0 Å². The average molecular weight is 497 g/mol. The molecule has 0 radical (unpaired) electrons. The molecule has 2 heterocycles. The number of nitrogens with one attached hydrogen (secondary N) is 3. The second kappa shape index (κ2) is 11.1. The number of aryl methyl sites for hydroxylation is 1. The van der Waals surface area contributed by atoms with Gasteiger partial charge in [0, 0.05) is 35.1 Å². The predicted octanol–water partition coefficient (Wildman–Crippen LogP) is 5.31. The molecule has 10 heteroatoms. The van der Waals surface area contributed by atoms with Crippen molar-refractivity contribution < 1.29 is 24.2 Å². The number of carbonyl (C=O) groups excluding carboxylic acids is 1. The molecule has 1 fully saturated rings. The van der Waals surface area contributed by atoms with E-state index in [2.05, 4.69) is 20.9 Å². The third kappa shape index (κ3) is 6.62. The molecule has 1 aromatic heterocycles. The molecule has 0 saturated carbocycles. The number of piperidine rings is 1. The summed E-state index contributed by atoms with van der Waals surface area (Å²) in [5, 5.41) is 18.6. The fourth-order valence-corrected chi connectivity index (χ4v) is 3.75. The van der Waals surface area contributed by atoms with Gasteiger partial charge in [0.2, 0.25) is 0 Å². The predicted molar refractivity (Wildman–Crippen MR) is 133 cm³/mol. The zero-order chi connectivity index (χ0) is 24.8. The van der Waals surface area contributed by atoms with Crippen LogP contribution in [0, 0.1) is 6.92 Å². The molecule has 35 heavy (non-hydrogen) atoms. The molecule has 9 nitrogen and oxygen atoms in total. The summed E-state index contributed by atoms with van der Waals surface area (Å²) in [5.41, 5.74) is 1.69. The number of ether oxygens (including phenoxy) is 2. The monoisotopic (exact) mass is 496 g/mol. The number of amides is 2. The Balaban J connectivity index is 1.44. The molecule has 0 aliphatic carbocycles. The van der Waals surface area contributed by atoms with Gasteiger partial charge in [0.05, 0.1) is 5.69 Å². The third-order valence-electron chi connectivity index (χ3n) is 5.37. The molecule has 2 aromatic carbocycles. The summed E-state index contributed by atoms with van der Waals surface area (Å²) in [6.07, 6.45) is 3.14. The highest BCUT2D eigenvalue weighted by Crippen LogP contribution is 2.33. The Labute approximate surface area is 207 Å². The molecule has 1 aliphatic heterocycles. The van der Waals surface area contributed by atoms with Gasteiger partial charge in [0.1, 0.15) is 23.4 Å². The average Bonchev–Trinajstić information content (AvgIpc) is 2.83. The van der Waals surface area contributed by atoms with Crippen molar-refractivity contribution in [2.24, 2.45) is 0 Å². The van der Waals surface area contributed by atoms with E-state index >= 15 is 0 Å². The molecule has 182 valence electrons. The van der Waals surface area contributed by atoms with Crippen LogP contribution in [0.2, 0.25) is 5.02 Å². The SMILES string of the molecule is Cc1cc(NC(=O)Nc2cccc(Oc3ccnc(C(=O)O)c3)c2)c(OC2CCNCC2)cc1Cl. The molecular formula is C25H25ClN4O5. The number of carbonyl (C=O) groups is 2. The molecule has 1 aliphatic rings. The second-order valence-corrected chi connectivity index (χ2v) is 8.46. The van der Waals surface area contributed by atoms with E-state index < -0.39 is 12.0 Å². The van der Waals surface area contributed by atoms with E-state index in [0.29, 0.717) is 33.6 Å². The lowest BCUT2D eigenvalue weighted by Crippen LogP contribution is -2.34. The standard InChI is InChI=1S/C25H25ClN4O5/c1-15-11-21(23(14-20(15)26)35-17-5-8-27-9-6-17)30-25(33)29-16-3-2-4-18(12-16)34-19-7-10-28-22(13-19)24(31)32/h2-4,7,10-14,17,27H,5-6,8-9H2,1H3,(H,31,32)(H2,29,30,33). The number of pyridine rings is 1. The highest BCUT2D eigenvalue weighted by atomic mass is 35.5. The van der Waals surface area contributed by atoms with Crippen molar-refractivity contribution in [1.29, 1.82) is 0 Å². The van der Waals surface area contributed by atoms with E-state index in [1.807, 2.05) is 6.92 Å². The van der Waals surface area contributed by atoms with Crippen LogP contribution in [0.15, 0.2) is 54.7 Å².